The lowest BCUT2D eigenvalue weighted by atomic mass is 10.00. The van der Waals surface area contributed by atoms with Gasteiger partial charge in [0.2, 0.25) is 0 Å². The smallest absolute Gasteiger partial charge is 0.0751 e. The zero-order valence-corrected chi connectivity index (χ0v) is 14.5. The maximum atomic E-state index is 3.69. The van der Waals surface area contributed by atoms with E-state index in [4.69, 9.17) is 0 Å². The number of fused-ring (bicyclic) bond motifs is 4. The van der Waals surface area contributed by atoms with Crippen molar-refractivity contribution in [3.05, 3.63) is 57.9 Å². The Morgan fingerprint density at radius 3 is 2.40 bits per heavy atom. The van der Waals surface area contributed by atoms with Gasteiger partial charge in [0.25, 0.3) is 0 Å². The van der Waals surface area contributed by atoms with E-state index in [0.29, 0.717) is 0 Å². The van der Waals surface area contributed by atoms with Gasteiger partial charge in [0.05, 0.1) is 3.79 Å². The predicted molar refractivity (Wildman–Crippen MR) is 97.2 cm³/mol. The van der Waals surface area contributed by atoms with Crippen LogP contribution in [0.3, 0.4) is 0 Å². The maximum Gasteiger partial charge on any atom is 0.0751 e. The summed E-state index contributed by atoms with van der Waals surface area (Å²) in [5.41, 5.74) is 1.35. The lowest BCUT2D eigenvalue weighted by Crippen LogP contribution is -1.80. The predicted octanol–water partition coefficient (Wildman–Crippen LogP) is 6.87. The second kappa shape index (κ2) is 4.83. The number of halogens is 2. The average Bonchev–Trinajstić information content (AvgIpc) is 2.81. The molecular weight excluding hydrogens is 396 g/mol. The molecule has 0 atom stereocenters. The molecule has 0 aliphatic rings. The Labute approximate surface area is 137 Å². The summed E-state index contributed by atoms with van der Waals surface area (Å²) in [6.45, 7) is 0. The third-order valence-electron chi connectivity index (χ3n) is 3.72. The first-order valence-corrected chi connectivity index (χ1v) is 9.09. The number of thiophene rings is 1. The minimum atomic E-state index is 0.875. The quantitative estimate of drug-likeness (QED) is 0.239. The summed E-state index contributed by atoms with van der Waals surface area (Å²) >= 11 is 9.12. The van der Waals surface area contributed by atoms with Crippen molar-refractivity contribution in [3.63, 3.8) is 0 Å². The molecule has 0 nitrogen and oxygen atoms in total. The zero-order valence-electron chi connectivity index (χ0n) is 10.5. The normalized spacial score (nSPS) is 11.7. The highest BCUT2D eigenvalue weighted by molar-refractivity contribution is 9.11. The van der Waals surface area contributed by atoms with Gasteiger partial charge in [0.1, 0.15) is 0 Å². The first-order valence-electron chi connectivity index (χ1n) is 6.36. The van der Waals surface area contributed by atoms with Crippen molar-refractivity contribution in [2.24, 2.45) is 0 Å². The molecule has 20 heavy (non-hydrogen) atoms. The van der Waals surface area contributed by atoms with Crippen LogP contribution in [0.15, 0.2) is 52.3 Å². The van der Waals surface area contributed by atoms with Crippen molar-refractivity contribution >= 4 is 74.8 Å². The molecule has 1 aromatic heterocycles. The summed E-state index contributed by atoms with van der Waals surface area (Å²) < 4.78 is 2.57. The Morgan fingerprint density at radius 1 is 0.900 bits per heavy atom. The Bertz CT molecular complexity index is 953. The van der Waals surface area contributed by atoms with E-state index in [0.717, 1.165) is 5.33 Å². The summed E-state index contributed by atoms with van der Waals surface area (Å²) in [7, 11) is 0. The van der Waals surface area contributed by atoms with Crippen molar-refractivity contribution in [2.45, 2.75) is 5.33 Å². The van der Waals surface area contributed by atoms with Crippen LogP contribution in [0.1, 0.15) is 5.56 Å². The van der Waals surface area contributed by atoms with Crippen molar-refractivity contribution in [1.82, 2.24) is 0 Å². The second-order valence-corrected chi connectivity index (χ2v) is 7.78. The fourth-order valence-corrected chi connectivity index (χ4v) is 5.71. The summed E-state index contributed by atoms with van der Waals surface area (Å²) in [5, 5.41) is 7.51. The number of hydrogen-bond donors (Lipinski definition) is 0. The first kappa shape index (κ1) is 12.8. The fraction of sp³-hybridized carbons (Fsp3) is 0.0588. The second-order valence-electron chi connectivity index (χ2n) is 4.85. The zero-order chi connectivity index (χ0) is 13.7. The largest absolute Gasteiger partial charge is 0.128 e. The molecule has 0 radical (unpaired) electrons. The van der Waals surface area contributed by atoms with E-state index in [1.807, 2.05) is 11.3 Å². The lowest BCUT2D eigenvalue weighted by Gasteiger charge is -2.05. The van der Waals surface area contributed by atoms with Crippen LogP contribution in [0, 0.1) is 0 Å². The minimum Gasteiger partial charge on any atom is -0.128 e. The molecule has 0 aliphatic carbocycles. The van der Waals surface area contributed by atoms with Crippen LogP contribution in [0.2, 0.25) is 0 Å². The summed E-state index contributed by atoms with van der Waals surface area (Å²) in [6.07, 6.45) is 0. The highest BCUT2D eigenvalue weighted by Gasteiger charge is 2.12. The molecule has 4 aromatic rings. The molecule has 0 N–H and O–H groups in total. The van der Waals surface area contributed by atoms with Crippen molar-refractivity contribution in [3.8, 4) is 0 Å². The number of hydrogen-bond acceptors (Lipinski definition) is 1. The molecule has 0 aliphatic heterocycles. The van der Waals surface area contributed by atoms with Gasteiger partial charge >= 0.3 is 0 Å². The third-order valence-corrected chi connectivity index (χ3v) is 6.23. The summed E-state index contributed by atoms with van der Waals surface area (Å²) in [6, 6.07) is 17.6. The molecule has 0 fully saturated rings. The fourth-order valence-electron chi connectivity index (χ4n) is 2.77. The molecule has 0 amide bonds. The van der Waals surface area contributed by atoms with Gasteiger partial charge in [-0.1, -0.05) is 46.3 Å². The Kier molecular flexibility index (Phi) is 3.09. The Hall–Kier alpha value is -0.900. The van der Waals surface area contributed by atoms with Gasteiger partial charge in [-0.05, 0) is 61.2 Å². The first-order chi connectivity index (χ1) is 9.78. The Balaban J connectivity index is 2.25. The van der Waals surface area contributed by atoms with Crippen LogP contribution < -0.4 is 0 Å². The van der Waals surface area contributed by atoms with Crippen LogP contribution >= 0.6 is 43.2 Å². The van der Waals surface area contributed by atoms with Gasteiger partial charge in [-0.2, -0.15) is 0 Å². The van der Waals surface area contributed by atoms with Gasteiger partial charge < -0.3 is 0 Å². The topological polar surface area (TPSA) is 0 Å². The highest BCUT2D eigenvalue weighted by atomic mass is 79.9. The monoisotopic (exact) mass is 404 g/mol. The van der Waals surface area contributed by atoms with E-state index in [1.54, 1.807) is 0 Å². The van der Waals surface area contributed by atoms with Gasteiger partial charge in [-0.25, -0.2) is 0 Å². The molecule has 0 saturated carbocycles. The summed E-state index contributed by atoms with van der Waals surface area (Å²) in [4.78, 5) is 0. The van der Waals surface area contributed by atoms with Gasteiger partial charge in [0.15, 0.2) is 0 Å². The number of benzene rings is 3. The third kappa shape index (κ3) is 1.84. The molecule has 1 heterocycles. The van der Waals surface area contributed by atoms with Crippen molar-refractivity contribution < 1.29 is 0 Å². The molecule has 3 aromatic carbocycles. The van der Waals surface area contributed by atoms with E-state index >= 15 is 0 Å². The van der Waals surface area contributed by atoms with Gasteiger partial charge in [-0.3, -0.25) is 0 Å². The molecule has 0 bridgehead atoms. The molecule has 0 unspecified atom stereocenters. The number of alkyl halides is 1. The van der Waals surface area contributed by atoms with Crippen LogP contribution in [0.4, 0.5) is 0 Å². The standard InChI is InChI=1S/C17H10Br2S/c18-9-14-16-13-8-11-4-2-1-3-10(11)7-12(13)5-6-15(16)20-17(14)19/h1-8H,9H2. The van der Waals surface area contributed by atoms with Crippen LogP contribution in [-0.2, 0) is 5.33 Å². The van der Waals surface area contributed by atoms with E-state index in [1.165, 1.54) is 41.0 Å². The molecule has 0 spiro atoms. The molecule has 4 rings (SSSR count). The number of rotatable bonds is 1. The van der Waals surface area contributed by atoms with E-state index in [-0.39, 0.29) is 0 Å². The molecule has 3 heteroatoms. The average molecular weight is 406 g/mol. The molecule has 98 valence electrons. The maximum absolute atomic E-state index is 3.69. The van der Waals surface area contributed by atoms with Crippen molar-refractivity contribution in [2.75, 3.05) is 0 Å². The van der Waals surface area contributed by atoms with Crippen LogP contribution in [-0.4, -0.2) is 0 Å². The summed E-state index contributed by atoms with van der Waals surface area (Å²) in [5.74, 6) is 0. The molecule has 0 saturated heterocycles. The van der Waals surface area contributed by atoms with Crippen LogP contribution in [0.25, 0.3) is 31.6 Å². The van der Waals surface area contributed by atoms with Crippen LogP contribution in [0.5, 0.6) is 0 Å². The Morgan fingerprint density at radius 2 is 1.65 bits per heavy atom. The van der Waals surface area contributed by atoms with E-state index in [2.05, 4.69) is 80.4 Å². The van der Waals surface area contributed by atoms with Gasteiger partial charge in [-0.15, -0.1) is 11.3 Å². The SMILES string of the molecule is BrCc1c(Br)sc2ccc3cc4ccccc4cc3c12. The lowest BCUT2D eigenvalue weighted by molar-refractivity contribution is 1.53. The highest BCUT2D eigenvalue weighted by Crippen LogP contribution is 2.41. The minimum absolute atomic E-state index is 0.875. The van der Waals surface area contributed by atoms with E-state index in [9.17, 15) is 0 Å². The van der Waals surface area contributed by atoms with Crippen molar-refractivity contribution in [1.29, 1.82) is 0 Å². The van der Waals surface area contributed by atoms with E-state index < -0.39 is 0 Å². The molecular formula is C17H10Br2S. The van der Waals surface area contributed by atoms with Gasteiger partial charge in [0, 0.05) is 15.4 Å².